The van der Waals surface area contributed by atoms with E-state index in [1.165, 1.54) is 25.7 Å². The maximum atomic E-state index is 12.5. The van der Waals surface area contributed by atoms with Crippen LogP contribution in [0.15, 0.2) is 0 Å². The van der Waals surface area contributed by atoms with Crippen LogP contribution < -0.4 is 0 Å². The lowest BCUT2D eigenvalue weighted by Gasteiger charge is -2.33. The third-order valence-corrected chi connectivity index (χ3v) is 5.51. The molecule has 0 spiro atoms. The summed E-state index contributed by atoms with van der Waals surface area (Å²) in [5.74, 6) is 2.11. The summed E-state index contributed by atoms with van der Waals surface area (Å²) in [6, 6.07) is 0.286. The molecule has 0 aromatic heterocycles. The number of amides is 1. The molecular weight excluding hydrogens is 254 g/mol. The molecule has 2 unspecified atom stereocenters. The van der Waals surface area contributed by atoms with Crippen LogP contribution in [0.5, 0.6) is 0 Å². The summed E-state index contributed by atoms with van der Waals surface area (Å²) in [7, 11) is 0. The van der Waals surface area contributed by atoms with Crippen LogP contribution >= 0.6 is 23.4 Å². The monoisotopic (exact) mass is 275 g/mol. The van der Waals surface area contributed by atoms with E-state index in [0.29, 0.717) is 11.8 Å². The fraction of sp³-hybridized carbons (Fsp3) is 0.923. The van der Waals surface area contributed by atoms with E-state index in [2.05, 4.69) is 4.90 Å². The topological polar surface area (TPSA) is 20.3 Å². The van der Waals surface area contributed by atoms with Crippen molar-refractivity contribution in [3.8, 4) is 0 Å². The number of carbonyl (C=O) groups is 1. The molecule has 0 saturated carbocycles. The molecule has 2 aliphatic rings. The van der Waals surface area contributed by atoms with Gasteiger partial charge in [0.15, 0.2) is 0 Å². The zero-order valence-electron chi connectivity index (χ0n) is 10.4. The minimum Gasteiger partial charge on any atom is -0.338 e. The number of nitrogens with zero attached hydrogens (tertiary/aromatic N) is 1. The van der Waals surface area contributed by atoms with Crippen molar-refractivity contribution in [1.82, 2.24) is 4.90 Å². The van der Waals surface area contributed by atoms with Crippen molar-refractivity contribution in [2.75, 3.05) is 18.2 Å². The second kappa shape index (κ2) is 6.89. The average Bonchev–Trinajstić information content (AvgIpc) is 2.64. The van der Waals surface area contributed by atoms with E-state index in [0.717, 1.165) is 31.6 Å². The molecule has 2 heterocycles. The molecule has 0 aromatic carbocycles. The Balaban J connectivity index is 1.98. The molecule has 17 heavy (non-hydrogen) atoms. The summed E-state index contributed by atoms with van der Waals surface area (Å²) in [4.78, 5) is 14.6. The summed E-state index contributed by atoms with van der Waals surface area (Å²) in [6.07, 6.45) is 8.25. The van der Waals surface area contributed by atoms with Crippen molar-refractivity contribution in [1.29, 1.82) is 0 Å². The molecule has 0 bridgehead atoms. The van der Waals surface area contributed by atoms with E-state index in [4.69, 9.17) is 11.6 Å². The number of carbonyl (C=O) groups excluding carboxylic acids is 1. The minimum atomic E-state index is 0.215. The lowest BCUT2D eigenvalue weighted by molar-refractivity contribution is -0.132. The number of halogens is 1. The molecule has 2 nitrogen and oxygen atoms in total. The summed E-state index contributed by atoms with van der Waals surface area (Å²) in [5.41, 5.74) is 0. The molecule has 2 atom stereocenters. The van der Waals surface area contributed by atoms with Crippen molar-refractivity contribution < 1.29 is 4.79 Å². The average molecular weight is 276 g/mol. The highest BCUT2D eigenvalue weighted by Crippen LogP contribution is 2.29. The van der Waals surface area contributed by atoms with Crippen LogP contribution in [0.25, 0.3) is 0 Å². The maximum absolute atomic E-state index is 12.5. The molecule has 2 saturated heterocycles. The quantitative estimate of drug-likeness (QED) is 0.721. The first kappa shape index (κ1) is 13.5. The Morgan fingerprint density at radius 2 is 2.00 bits per heavy atom. The lowest BCUT2D eigenvalue weighted by atomic mass is 10.1. The largest absolute Gasteiger partial charge is 0.338 e. The van der Waals surface area contributed by atoms with Gasteiger partial charge in [0.2, 0.25) is 5.91 Å². The van der Waals surface area contributed by atoms with Crippen LogP contribution in [0, 0.1) is 0 Å². The van der Waals surface area contributed by atoms with E-state index in [9.17, 15) is 4.79 Å². The van der Waals surface area contributed by atoms with Crippen LogP contribution in [0.4, 0.5) is 0 Å². The van der Waals surface area contributed by atoms with Gasteiger partial charge in [-0.1, -0.05) is 19.3 Å². The molecule has 1 amide bonds. The zero-order chi connectivity index (χ0) is 12.1. The molecule has 2 fully saturated rings. The van der Waals surface area contributed by atoms with E-state index >= 15 is 0 Å². The third-order valence-electron chi connectivity index (χ3n) is 3.79. The van der Waals surface area contributed by atoms with Crippen molar-refractivity contribution in [2.24, 2.45) is 0 Å². The van der Waals surface area contributed by atoms with Gasteiger partial charge in [-0.15, -0.1) is 23.4 Å². The van der Waals surface area contributed by atoms with Gasteiger partial charge in [-0.2, -0.15) is 0 Å². The minimum absolute atomic E-state index is 0.215. The van der Waals surface area contributed by atoms with E-state index in [1.54, 1.807) is 0 Å². The Morgan fingerprint density at radius 1 is 1.18 bits per heavy atom. The fourth-order valence-corrected chi connectivity index (χ4v) is 4.34. The molecular formula is C13H22ClNOS. The summed E-state index contributed by atoms with van der Waals surface area (Å²) >= 11 is 7.88. The maximum Gasteiger partial charge on any atom is 0.235 e. The summed E-state index contributed by atoms with van der Waals surface area (Å²) in [5, 5.41) is 0.215. The predicted octanol–water partition coefficient (Wildman–Crippen LogP) is 3.28. The standard InChI is InChI=1S/C13H22ClNOS/c14-10-11-6-2-1-4-8-15(11)13(16)12-7-3-5-9-17-12/h11-12H,1-10H2. The van der Waals surface area contributed by atoms with Gasteiger partial charge in [-0.25, -0.2) is 0 Å². The van der Waals surface area contributed by atoms with Crippen molar-refractivity contribution in [2.45, 2.75) is 56.2 Å². The molecule has 0 aromatic rings. The van der Waals surface area contributed by atoms with Crippen molar-refractivity contribution in [3.63, 3.8) is 0 Å². The van der Waals surface area contributed by atoms with Crippen molar-refractivity contribution in [3.05, 3.63) is 0 Å². The summed E-state index contributed by atoms with van der Waals surface area (Å²) in [6.45, 7) is 0.924. The highest BCUT2D eigenvalue weighted by Gasteiger charge is 2.31. The van der Waals surface area contributed by atoms with E-state index < -0.39 is 0 Å². The Labute approximate surface area is 113 Å². The molecule has 2 aliphatic heterocycles. The van der Waals surface area contributed by atoms with Gasteiger partial charge < -0.3 is 4.90 Å². The van der Waals surface area contributed by atoms with E-state index in [-0.39, 0.29) is 11.3 Å². The van der Waals surface area contributed by atoms with Crippen LogP contribution in [-0.4, -0.2) is 40.3 Å². The van der Waals surface area contributed by atoms with Gasteiger partial charge in [0, 0.05) is 18.5 Å². The Morgan fingerprint density at radius 3 is 2.71 bits per heavy atom. The first-order chi connectivity index (χ1) is 8.33. The molecule has 98 valence electrons. The van der Waals surface area contributed by atoms with Gasteiger partial charge in [0.1, 0.15) is 0 Å². The SMILES string of the molecule is O=C(C1CCCCS1)N1CCCCCC1CCl. The normalized spacial score (nSPS) is 31.0. The number of rotatable bonds is 2. The number of likely N-dealkylation sites (tertiary alicyclic amines) is 1. The Kier molecular flexibility index (Phi) is 5.49. The lowest BCUT2D eigenvalue weighted by Crippen LogP contribution is -2.45. The predicted molar refractivity (Wildman–Crippen MR) is 74.8 cm³/mol. The van der Waals surface area contributed by atoms with Gasteiger partial charge in [-0.05, 0) is 31.4 Å². The molecule has 0 radical (unpaired) electrons. The zero-order valence-corrected chi connectivity index (χ0v) is 11.9. The van der Waals surface area contributed by atoms with Crippen LogP contribution in [0.2, 0.25) is 0 Å². The van der Waals surface area contributed by atoms with Crippen LogP contribution in [0.3, 0.4) is 0 Å². The number of thioether (sulfide) groups is 1. The Hall–Kier alpha value is 0.110. The van der Waals surface area contributed by atoms with E-state index in [1.807, 2.05) is 11.8 Å². The highest BCUT2D eigenvalue weighted by atomic mass is 35.5. The van der Waals surface area contributed by atoms with Gasteiger partial charge in [0.05, 0.1) is 5.25 Å². The number of alkyl halides is 1. The molecule has 2 rings (SSSR count). The van der Waals surface area contributed by atoms with Crippen LogP contribution in [-0.2, 0) is 4.79 Å². The second-order valence-corrected chi connectivity index (χ2v) is 6.66. The highest BCUT2D eigenvalue weighted by molar-refractivity contribution is 8.00. The number of hydrogen-bond acceptors (Lipinski definition) is 2. The summed E-state index contributed by atoms with van der Waals surface area (Å²) < 4.78 is 0. The smallest absolute Gasteiger partial charge is 0.235 e. The molecule has 4 heteroatoms. The van der Waals surface area contributed by atoms with Crippen LogP contribution in [0.1, 0.15) is 44.9 Å². The van der Waals surface area contributed by atoms with Crippen molar-refractivity contribution >= 4 is 29.3 Å². The number of hydrogen-bond donors (Lipinski definition) is 0. The van der Waals surface area contributed by atoms with Gasteiger partial charge in [-0.3, -0.25) is 4.79 Å². The van der Waals surface area contributed by atoms with Gasteiger partial charge in [0.25, 0.3) is 0 Å². The first-order valence-electron chi connectivity index (χ1n) is 6.81. The fourth-order valence-electron chi connectivity index (χ4n) is 2.75. The third kappa shape index (κ3) is 3.54. The Bertz CT molecular complexity index is 256. The second-order valence-electron chi connectivity index (χ2n) is 5.04. The van der Waals surface area contributed by atoms with Gasteiger partial charge >= 0.3 is 0 Å². The first-order valence-corrected chi connectivity index (χ1v) is 8.39. The molecule has 0 aliphatic carbocycles. The molecule has 0 N–H and O–H groups in total.